The number of nitrogens with zero attached hydrogens (tertiary/aromatic N) is 3. The second-order valence-electron chi connectivity index (χ2n) is 9.40. The average Bonchev–Trinajstić information content (AvgIpc) is 3.14. The summed E-state index contributed by atoms with van der Waals surface area (Å²) in [5.41, 5.74) is 0.496. The molecule has 1 aliphatic carbocycles. The molecule has 0 aromatic rings. The van der Waals surface area contributed by atoms with Gasteiger partial charge in [0.05, 0.1) is 0 Å². The molecule has 2 aliphatic rings. The molecule has 0 aromatic heterocycles. The quantitative estimate of drug-likeness (QED) is 0.413. The summed E-state index contributed by atoms with van der Waals surface area (Å²) in [7, 11) is 3.46. The molecule has 2 amide bonds. The number of hydrogen-bond donors (Lipinski definition) is 2. The van der Waals surface area contributed by atoms with Crippen LogP contribution in [0.15, 0.2) is 17.1 Å². The van der Waals surface area contributed by atoms with E-state index in [0.29, 0.717) is 18.4 Å². The maximum absolute atomic E-state index is 12.2. The van der Waals surface area contributed by atoms with E-state index in [4.69, 9.17) is 4.74 Å². The van der Waals surface area contributed by atoms with Gasteiger partial charge in [0.25, 0.3) is 0 Å². The molecule has 2 fully saturated rings. The highest BCUT2D eigenvalue weighted by Gasteiger charge is 2.44. The van der Waals surface area contributed by atoms with Gasteiger partial charge < -0.3 is 25.2 Å². The fourth-order valence-corrected chi connectivity index (χ4v) is 3.86. The van der Waals surface area contributed by atoms with Crippen molar-refractivity contribution in [3.63, 3.8) is 0 Å². The molecule has 0 aromatic carbocycles. The van der Waals surface area contributed by atoms with Crippen LogP contribution in [0.3, 0.4) is 0 Å². The molecular formula is C21H37N5O3. The van der Waals surface area contributed by atoms with E-state index in [1.807, 2.05) is 27.7 Å². The first-order valence-electron chi connectivity index (χ1n) is 10.3. The molecule has 3 atom stereocenters. The van der Waals surface area contributed by atoms with Gasteiger partial charge in [0.2, 0.25) is 5.91 Å². The van der Waals surface area contributed by atoms with E-state index in [9.17, 15) is 9.59 Å². The number of likely N-dealkylation sites (N-methyl/N-ethyl adjacent to an activating group) is 1. The molecule has 0 spiro atoms. The van der Waals surface area contributed by atoms with E-state index in [0.717, 1.165) is 37.5 Å². The maximum atomic E-state index is 12.2. The number of ether oxygens (including phenoxy) is 1. The van der Waals surface area contributed by atoms with Gasteiger partial charge >= 0.3 is 6.09 Å². The van der Waals surface area contributed by atoms with Crippen LogP contribution in [0.25, 0.3) is 0 Å². The summed E-state index contributed by atoms with van der Waals surface area (Å²) in [5.74, 6) is 1.54. The molecule has 1 saturated carbocycles. The zero-order chi connectivity index (χ0) is 21.8. The van der Waals surface area contributed by atoms with Crippen molar-refractivity contribution in [2.24, 2.45) is 16.8 Å². The second-order valence-corrected chi connectivity index (χ2v) is 9.40. The van der Waals surface area contributed by atoms with E-state index in [2.05, 4.69) is 27.1 Å². The van der Waals surface area contributed by atoms with Crippen molar-refractivity contribution in [2.45, 2.75) is 52.2 Å². The first-order chi connectivity index (χ1) is 13.5. The molecule has 1 saturated heterocycles. The lowest BCUT2D eigenvalue weighted by molar-refractivity contribution is -0.127. The van der Waals surface area contributed by atoms with E-state index in [1.165, 1.54) is 0 Å². The molecule has 8 heteroatoms. The smallest absolute Gasteiger partial charge is 0.407 e. The highest BCUT2D eigenvalue weighted by molar-refractivity contribution is 5.85. The fraction of sp³-hybridized carbons (Fsp3) is 0.762. The van der Waals surface area contributed by atoms with Crippen LogP contribution < -0.4 is 10.6 Å². The fourth-order valence-electron chi connectivity index (χ4n) is 3.86. The summed E-state index contributed by atoms with van der Waals surface area (Å²) < 4.78 is 5.42. The van der Waals surface area contributed by atoms with Crippen LogP contribution in [0.2, 0.25) is 0 Å². The van der Waals surface area contributed by atoms with Crippen LogP contribution in [0.4, 0.5) is 4.79 Å². The van der Waals surface area contributed by atoms with E-state index >= 15 is 0 Å². The van der Waals surface area contributed by atoms with Gasteiger partial charge in [-0.15, -0.1) is 0 Å². The molecular weight excluding hydrogens is 370 g/mol. The van der Waals surface area contributed by atoms with Crippen molar-refractivity contribution in [1.29, 1.82) is 0 Å². The minimum Gasteiger partial charge on any atom is -0.444 e. The molecule has 2 rings (SSSR count). The van der Waals surface area contributed by atoms with Gasteiger partial charge in [-0.1, -0.05) is 12.2 Å². The lowest BCUT2D eigenvalue weighted by Gasteiger charge is -2.26. The highest BCUT2D eigenvalue weighted by atomic mass is 16.6. The van der Waals surface area contributed by atoms with Crippen molar-refractivity contribution < 1.29 is 14.3 Å². The number of guanidine groups is 1. The Morgan fingerprint density at radius 3 is 2.52 bits per heavy atom. The predicted molar refractivity (Wildman–Crippen MR) is 115 cm³/mol. The number of hydrogen-bond acceptors (Lipinski definition) is 4. The van der Waals surface area contributed by atoms with E-state index in [-0.39, 0.29) is 24.6 Å². The molecule has 1 heterocycles. The summed E-state index contributed by atoms with van der Waals surface area (Å²) in [5, 5.41) is 6.38. The monoisotopic (exact) mass is 407 g/mol. The largest absolute Gasteiger partial charge is 0.444 e. The molecule has 1 aliphatic heterocycles. The number of carbonyl (C=O) groups is 2. The van der Waals surface area contributed by atoms with Crippen molar-refractivity contribution in [3.8, 4) is 0 Å². The Hall–Kier alpha value is -2.25. The topological polar surface area (TPSA) is 86.3 Å². The van der Waals surface area contributed by atoms with Crippen LogP contribution in [0.1, 0.15) is 40.5 Å². The Bertz CT molecular complexity index is 653. The Morgan fingerprint density at radius 1 is 1.24 bits per heavy atom. The zero-order valence-corrected chi connectivity index (χ0v) is 18.7. The molecule has 0 bridgehead atoms. The standard InChI is InChI=1S/C21H37N5O3/c1-14(2)10-22-19(23-11-18(27)25(6)7)26-12-15-8-9-17(16(15)13-26)24-20(28)29-21(3,4)5/h15-17H,1,8-13H2,2-7H3,(H,22,23)(H,24,28). The summed E-state index contributed by atoms with van der Waals surface area (Å²) in [6, 6.07) is 0.102. The van der Waals surface area contributed by atoms with Gasteiger partial charge in [0.15, 0.2) is 5.96 Å². The molecule has 29 heavy (non-hydrogen) atoms. The summed E-state index contributed by atoms with van der Waals surface area (Å²) in [4.78, 5) is 32.5. The Balaban J connectivity index is 2.02. The van der Waals surface area contributed by atoms with E-state index in [1.54, 1.807) is 19.0 Å². The normalized spacial score (nSPS) is 24.1. The third-order valence-electron chi connectivity index (χ3n) is 5.27. The summed E-state index contributed by atoms with van der Waals surface area (Å²) >= 11 is 0. The zero-order valence-electron chi connectivity index (χ0n) is 18.7. The SMILES string of the molecule is C=C(C)CNC(=NCC(=O)N(C)C)N1CC2CCC(NC(=O)OC(C)(C)C)C2C1. The number of aliphatic imine (C=N–C) groups is 1. The summed E-state index contributed by atoms with van der Waals surface area (Å²) in [6.07, 6.45) is 1.67. The Kier molecular flexibility index (Phi) is 7.54. The molecule has 3 unspecified atom stereocenters. The van der Waals surface area contributed by atoms with E-state index < -0.39 is 5.60 Å². The van der Waals surface area contributed by atoms with Crippen molar-refractivity contribution in [3.05, 3.63) is 12.2 Å². The molecule has 0 radical (unpaired) electrons. The third kappa shape index (κ3) is 6.94. The number of likely N-dealkylation sites (tertiary alicyclic amines) is 1. The number of carbonyl (C=O) groups excluding carboxylic acids is 2. The highest BCUT2D eigenvalue weighted by Crippen LogP contribution is 2.38. The average molecular weight is 408 g/mol. The van der Waals surface area contributed by atoms with Crippen LogP contribution >= 0.6 is 0 Å². The number of amides is 2. The lowest BCUT2D eigenvalue weighted by atomic mass is 9.98. The van der Waals surface area contributed by atoms with Gasteiger partial charge in [-0.3, -0.25) is 4.79 Å². The van der Waals surface area contributed by atoms with Crippen molar-refractivity contribution in [1.82, 2.24) is 20.4 Å². The van der Waals surface area contributed by atoms with Gasteiger partial charge in [-0.25, -0.2) is 9.79 Å². The van der Waals surface area contributed by atoms with Gasteiger partial charge in [0.1, 0.15) is 12.1 Å². The van der Waals surface area contributed by atoms with Gasteiger partial charge in [-0.05, 0) is 46.5 Å². The van der Waals surface area contributed by atoms with Crippen molar-refractivity contribution in [2.75, 3.05) is 40.3 Å². The first kappa shape index (κ1) is 23.0. The summed E-state index contributed by atoms with van der Waals surface area (Å²) in [6.45, 7) is 13.9. The minimum absolute atomic E-state index is 0.0384. The van der Waals surface area contributed by atoms with Gasteiger partial charge in [-0.2, -0.15) is 0 Å². The van der Waals surface area contributed by atoms with Crippen LogP contribution in [-0.2, 0) is 9.53 Å². The first-order valence-corrected chi connectivity index (χ1v) is 10.3. The number of nitrogens with one attached hydrogen (secondary N) is 2. The number of rotatable bonds is 5. The second kappa shape index (κ2) is 9.50. The van der Waals surface area contributed by atoms with Crippen LogP contribution in [0, 0.1) is 11.8 Å². The van der Waals surface area contributed by atoms with Crippen molar-refractivity contribution >= 4 is 18.0 Å². The molecule has 164 valence electrons. The Morgan fingerprint density at radius 2 is 1.93 bits per heavy atom. The number of fused-ring (bicyclic) bond motifs is 1. The third-order valence-corrected chi connectivity index (χ3v) is 5.27. The number of alkyl carbamates (subject to hydrolysis) is 1. The maximum Gasteiger partial charge on any atom is 0.407 e. The van der Waals surface area contributed by atoms with Crippen LogP contribution in [-0.4, -0.2) is 79.7 Å². The predicted octanol–water partition coefficient (Wildman–Crippen LogP) is 1.83. The molecule has 8 nitrogen and oxygen atoms in total. The Labute approximate surface area is 174 Å². The minimum atomic E-state index is -0.505. The lowest BCUT2D eigenvalue weighted by Crippen LogP contribution is -2.45. The van der Waals surface area contributed by atoms with Gasteiger partial charge in [0, 0.05) is 45.7 Å². The van der Waals surface area contributed by atoms with Crippen LogP contribution in [0.5, 0.6) is 0 Å². The molecule has 2 N–H and O–H groups in total.